The van der Waals surface area contributed by atoms with Gasteiger partial charge >= 0.3 is 11.9 Å². The van der Waals surface area contributed by atoms with E-state index in [1.165, 1.54) is 6.42 Å². The van der Waals surface area contributed by atoms with Crippen LogP contribution < -0.4 is 0 Å². The van der Waals surface area contributed by atoms with Crippen molar-refractivity contribution in [3.8, 4) is 0 Å². The lowest BCUT2D eigenvalue weighted by Gasteiger charge is -2.32. The van der Waals surface area contributed by atoms with E-state index in [0.29, 0.717) is 30.4 Å². The summed E-state index contributed by atoms with van der Waals surface area (Å²) in [5.41, 5.74) is -0.383. The van der Waals surface area contributed by atoms with E-state index < -0.39 is 34.6 Å². The quantitative estimate of drug-likeness (QED) is 0.380. The molecule has 6 nitrogen and oxygen atoms in total. The molecule has 0 aromatic carbocycles. The van der Waals surface area contributed by atoms with Gasteiger partial charge in [0.05, 0.1) is 10.8 Å². The van der Waals surface area contributed by atoms with Gasteiger partial charge in [0.2, 0.25) is 6.29 Å². The Morgan fingerprint density at radius 2 is 2.03 bits per heavy atom. The molecule has 0 radical (unpaired) electrons. The van der Waals surface area contributed by atoms with E-state index in [2.05, 4.69) is 6.92 Å². The van der Waals surface area contributed by atoms with Crippen molar-refractivity contribution in [2.75, 3.05) is 0 Å². The van der Waals surface area contributed by atoms with E-state index in [1.54, 1.807) is 0 Å². The molecule has 3 aliphatic carbocycles. The first-order valence-corrected chi connectivity index (χ1v) is 10.7. The molecule has 4 aliphatic rings. The number of esters is 2. The topological polar surface area (TPSA) is 89.9 Å². The van der Waals surface area contributed by atoms with Crippen molar-refractivity contribution in [1.29, 1.82) is 0 Å². The third kappa shape index (κ3) is 2.75. The molecule has 1 saturated heterocycles. The van der Waals surface area contributed by atoms with E-state index in [1.807, 2.05) is 19.9 Å². The minimum absolute atomic E-state index is 0.267. The van der Waals surface area contributed by atoms with Gasteiger partial charge in [0, 0.05) is 23.0 Å². The second-order valence-electron chi connectivity index (χ2n) is 9.63. The number of carbonyl (C=O) groups is 3. The van der Waals surface area contributed by atoms with Gasteiger partial charge in [0.25, 0.3) is 0 Å². The van der Waals surface area contributed by atoms with Gasteiger partial charge in [0.15, 0.2) is 0 Å². The standard InChI is InChI=1S/C23H30O6/c1-4-5-6-7-8-9-16(25)28-18-17-14(10-21(18,2)3)11-22-13-23(22,15(17)12-24)20(27)29-19(22)26/h10,12,18,20,27H,4-9,11,13H2,1-3H3/t18-,20-,22-,23-/m1/s1. The maximum Gasteiger partial charge on any atom is 0.315 e. The Bertz CT molecular complexity index is 821. The largest absolute Gasteiger partial charge is 0.457 e. The summed E-state index contributed by atoms with van der Waals surface area (Å²) in [6.07, 6.45) is 7.25. The maximum atomic E-state index is 12.5. The van der Waals surface area contributed by atoms with Crippen molar-refractivity contribution >= 4 is 18.2 Å². The van der Waals surface area contributed by atoms with E-state index in [9.17, 15) is 19.5 Å². The van der Waals surface area contributed by atoms with Crippen LogP contribution in [0.25, 0.3) is 0 Å². The number of aliphatic hydroxyl groups is 1. The highest BCUT2D eigenvalue weighted by atomic mass is 16.6. The lowest BCUT2D eigenvalue weighted by molar-refractivity contribution is -0.164. The SMILES string of the molecule is CCCCCCCC(=O)O[C@@H]1C2=C(C=O)[C@@]34C[C@]3(CC2=CC1(C)C)C(=O)O[C@H]4O. The Hall–Kier alpha value is -1.95. The van der Waals surface area contributed by atoms with Gasteiger partial charge in [-0.05, 0) is 24.8 Å². The van der Waals surface area contributed by atoms with E-state index in [4.69, 9.17) is 9.47 Å². The number of hydrogen-bond acceptors (Lipinski definition) is 6. The highest BCUT2D eigenvalue weighted by molar-refractivity contribution is 5.95. The number of carbonyl (C=O) groups excluding carboxylic acids is 3. The number of ether oxygens (including phenoxy) is 2. The van der Waals surface area contributed by atoms with Crippen LogP contribution in [0.5, 0.6) is 0 Å². The Morgan fingerprint density at radius 1 is 1.31 bits per heavy atom. The predicted molar refractivity (Wildman–Crippen MR) is 104 cm³/mol. The molecule has 6 heteroatoms. The first-order chi connectivity index (χ1) is 13.7. The summed E-state index contributed by atoms with van der Waals surface area (Å²) >= 11 is 0. The highest BCUT2D eigenvalue weighted by Gasteiger charge is 2.85. The summed E-state index contributed by atoms with van der Waals surface area (Å²) < 4.78 is 11.0. The molecule has 29 heavy (non-hydrogen) atoms. The third-order valence-corrected chi connectivity index (χ3v) is 7.29. The fraction of sp³-hybridized carbons (Fsp3) is 0.696. The fourth-order valence-corrected chi connectivity index (χ4v) is 5.71. The lowest BCUT2D eigenvalue weighted by Crippen LogP contribution is -2.36. The van der Waals surface area contributed by atoms with Crippen molar-refractivity contribution in [2.24, 2.45) is 16.2 Å². The molecular weight excluding hydrogens is 372 g/mol. The summed E-state index contributed by atoms with van der Waals surface area (Å²) in [6, 6.07) is 0. The predicted octanol–water partition coefficient (Wildman–Crippen LogP) is 3.38. The molecule has 4 atom stereocenters. The summed E-state index contributed by atoms with van der Waals surface area (Å²) in [7, 11) is 0. The van der Waals surface area contributed by atoms with Crippen LogP contribution in [0.1, 0.15) is 72.1 Å². The second kappa shape index (κ2) is 6.79. The number of unbranched alkanes of at least 4 members (excludes halogenated alkanes) is 4. The molecule has 1 N–H and O–H groups in total. The number of aliphatic hydroxyl groups excluding tert-OH is 1. The van der Waals surface area contributed by atoms with Gasteiger partial charge in [-0.3, -0.25) is 14.4 Å². The molecule has 0 aromatic rings. The van der Waals surface area contributed by atoms with Gasteiger partial charge in [-0.1, -0.05) is 52.5 Å². The van der Waals surface area contributed by atoms with Crippen LogP contribution in [-0.2, 0) is 23.9 Å². The van der Waals surface area contributed by atoms with Crippen LogP contribution in [0.4, 0.5) is 0 Å². The summed E-state index contributed by atoms with van der Waals surface area (Å²) in [6.45, 7) is 6.09. The molecule has 1 aliphatic heterocycles. The highest BCUT2D eigenvalue weighted by Crippen LogP contribution is 2.79. The Kier molecular flexibility index (Phi) is 4.76. The van der Waals surface area contributed by atoms with E-state index >= 15 is 0 Å². The van der Waals surface area contributed by atoms with Crippen LogP contribution in [0.15, 0.2) is 22.8 Å². The van der Waals surface area contributed by atoms with Gasteiger partial charge in [-0.2, -0.15) is 0 Å². The normalized spacial score (nSPS) is 36.0. The minimum Gasteiger partial charge on any atom is -0.457 e. The summed E-state index contributed by atoms with van der Waals surface area (Å²) in [5, 5.41) is 10.4. The Balaban J connectivity index is 1.58. The number of aldehydes is 1. The number of hydrogen-bond donors (Lipinski definition) is 1. The number of rotatable bonds is 8. The van der Waals surface area contributed by atoms with Crippen LogP contribution in [-0.4, -0.2) is 35.7 Å². The van der Waals surface area contributed by atoms with Crippen molar-refractivity contribution in [3.63, 3.8) is 0 Å². The minimum atomic E-state index is -1.32. The molecule has 4 rings (SSSR count). The lowest BCUT2D eigenvalue weighted by atomic mass is 9.73. The third-order valence-electron chi connectivity index (χ3n) is 7.29. The molecule has 0 unspecified atom stereocenters. The zero-order chi connectivity index (χ0) is 21.0. The van der Waals surface area contributed by atoms with Gasteiger partial charge in [-0.15, -0.1) is 0 Å². The molecule has 0 bridgehead atoms. The number of fused-ring (bicyclic) bond motifs is 1. The summed E-state index contributed by atoms with van der Waals surface area (Å²) in [5.74, 6) is -0.703. The first-order valence-electron chi connectivity index (χ1n) is 10.7. The monoisotopic (exact) mass is 402 g/mol. The molecular formula is C23H30O6. The molecule has 0 amide bonds. The zero-order valence-electron chi connectivity index (χ0n) is 17.5. The average Bonchev–Trinajstić information content (AvgIpc) is 3.23. The van der Waals surface area contributed by atoms with Gasteiger partial charge in [-0.25, -0.2) is 0 Å². The first kappa shape index (κ1) is 20.3. The van der Waals surface area contributed by atoms with Gasteiger partial charge in [0.1, 0.15) is 12.4 Å². The maximum absolute atomic E-state index is 12.5. The van der Waals surface area contributed by atoms with Crippen LogP contribution in [0.3, 0.4) is 0 Å². The second-order valence-corrected chi connectivity index (χ2v) is 9.63. The molecule has 158 valence electrons. The zero-order valence-corrected chi connectivity index (χ0v) is 17.5. The molecule has 0 aromatic heterocycles. The molecule has 2 fully saturated rings. The van der Waals surface area contributed by atoms with Crippen LogP contribution in [0, 0.1) is 16.2 Å². The van der Waals surface area contributed by atoms with Crippen molar-refractivity contribution in [3.05, 3.63) is 22.8 Å². The molecule has 1 heterocycles. The average molecular weight is 402 g/mol. The number of cyclic esters (lactones) is 1. The fourth-order valence-electron chi connectivity index (χ4n) is 5.71. The van der Waals surface area contributed by atoms with E-state index in [0.717, 1.165) is 37.5 Å². The van der Waals surface area contributed by atoms with Crippen molar-refractivity contribution in [1.82, 2.24) is 0 Å². The van der Waals surface area contributed by atoms with E-state index in [-0.39, 0.29) is 5.97 Å². The van der Waals surface area contributed by atoms with Crippen LogP contribution >= 0.6 is 0 Å². The Morgan fingerprint density at radius 3 is 2.72 bits per heavy atom. The van der Waals surface area contributed by atoms with Crippen molar-refractivity contribution < 1.29 is 29.0 Å². The molecule has 0 spiro atoms. The smallest absolute Gasteiger partial charge is 0.315 e. The molecule has 1 saturated carbocycles. The van der Waals surface area contributed by atoms with Crippen LogP contribution in [0.2, 0.25) is 0 Å². The van der Waals surface area contributed by atoms with Crippen molar-refractivity contribution in [2.45, 2.75) is 84.5 Å². The summed E-state index contributed by atoms with van der Waals surface area (Å²) in [4.78, 5) is 37.1. The van der Waals surface area contributed by atoms with Gasteiger partial charge < -0.3 is 14.6 Å². The Labute approximate surface area is 171 Å².